The number of nitrogens with one attached hydrogen (secondary N) is 2. The van der Waals surface area contributed by atoms with Gasteiger partial charge in [-0.05, 0) is 66.8 Å². The largest absolute Gasteiger partial charge is 0.480 e. The Hall–Kier alpha value is -3.60. The highest BCUT2D eigenvalue weighted by molar-refractivity contribution is 6.04. The summed E-state index contributed by atoms with van der Waals surface area (Å²) in [7, 11) is 0. The molecule has 2 unspecified atom stereocenters. The van der Waals surface area contributed by atoms with Crippen LogP contribution in [0.1, 0.15) is 55.5 Å². The van der Waals surface area contributed by atoms with Crippen molar-refractivity contribution < 1.29 is 14.3 Å². The van der Waals surface area contributed by atoms with E-state index in [1.165, 1.54) is 0 Å². The molecule has 0 radical (unpaired) electrons. The summed E-state index contributed by atoms with van der Waals surface area (Å²) in [5, 5.41) is 5.76. The molecule has 0 saturated carbocycles. The summed E-state index contributed by atoms with van der Waals surface area (Å²) in [6, 6.07) is 24.0. The van der Waals surface area contributed by atoms with Gasteiger partial charge in [-0.1, -0.05) is 57.2 Å². The van der Waals surface area contributed by atoms with E-state index in [0.717, 1.165) is 17.7 Å². The Bertz CT molecular complexity index is 1030. The molecule has 2 amide bonds. The first kappa shape index (κ1) is 23.1. The van der Waals surface area contributed by atoms with Gasteiger partial charge in [0.25, 0.3) is 11.8 Å². The Kier molecular flexibility index (Phi) is 8.03. The molecule has 0 heterocycles. The van der Waals surface area contributed by atoms with Gasteiger partial charge in [0.1, 0.15) is 5.75 Å². The van der Waals surface area contributed by atoms with Crippen molar-refractivity contribution in [2.75, 3.05) is 10.6 Å². The summed E-state index contributed by atoms with van der Waals surface area (Å²) in [5.41, 5.74) is 3.00. The van der Waals surface area contributed by atoms with Crippen LogP contribution in [-0.2, 0) is 4.79 Å². The SMILES string of the molecule is CCC(Oc1ccccc1C(C)CC)C(=O)Nc1ccc(NC(=O)c2ccccc2)cc1. The zero-order valence-corrected chi connectivity index (χ0v) is 18.8. The molecule has 3 rings (SSSR count). The number of anilines is 2. The maximum atomic E-state index is 12.8. The highest BCUT2D eigenvalue weighted by Gasteiger charge is 2.21. The summed E-state index contributed by atoms with van der Waals surface area (Å²) in [4.78, 5) is 25.1. The second-order valence-corrected chi connectivity index (χ2v) is 7.75. The van der Waals surface area contributed by atoms with E-state index in [9.17, 15) is 9.59 Å². The average molecular weight is 431 g/mol. The second kappa shape index (κ2) is 11.1. The summed E-state index contributed by atoms with van der Waals surface area (Å²) in [6.07, 6.45) is 0.945. The fourth-order valence-electron chi connectivity index (χ4n) is 3.34. The number of hydrogen-bond acceptors (Lipinski definition) is 3. The summed E-state index contributed by atoms with van der Waals surface area (Å²) in [6.45, 7) is 6.22. The third kappa shape index (κ3) is 5.97. The standard InChI is InChI=1S/C27H30N2O3/c1-4-19(3)23-13-9-10-14-25(23)32-24(5-2)27(31)29-22-17-15-21(16-18-22)28-26(30)20-11-7-6-8-12-20/h6-19,24H,4-5H2,1-3H3,(H,28,30)(H,29,31). The Morgan fingerprint density at radius 3 is 2.00 bits per heavy atom. The molecular weight excluding hydrogens is 400 g/mol. The molecule has 2 atom stereocenters. The van der Waals surface area contributed by atoms with Crippen molar-refractivity contribution in [2.45, 2.75) is 45.6 Å². The molecule has 0 aliphatic rings. The number of hydrogen-bond donors (Lipinski definition) is 2. The molecule has 3 aromatic carbocycles. The lowest BCUT2D eigenvalue weighted by Crippen LogP contribution is -2.32. The predicted molar refractivity (Wildman–Crippen MR) is 129 cm³/mol. The number of amides is 2. The van der Waals surface area contributed by atoms with E-state index in [1.54, 1.807) is 36.4 Å². The third-order valence-electron chi connectivity index (χ3n) is 5.44. The average Bonchev–Trinajstić information content (AvgIpc) is 2.84. The molecule has 0 aliphatic carbocycles. The first-order valence-corrected chi connectivity index (χ1v) is 11.0. The highest BCUT2D eigenvalue weighted by Crippen LogP contribution is 2.29. The van der Waals surface area contributed by atoms with Crippen molar-refractivity contribution in [1.82, 2.24) is 0 Å². The van der Waals surface area contributed by atoms with Gasteiger partial charge in [0.15, 0.2) is 6.10 Å². The van der Waals surface area contributed by atoms with Gasteiger partial charge in [0.05, 0.1) is 0 Å². The molecule has 0 aromatic heterocycles. The van der Waals surface area contributed by atoms with Crippen LogP contribution >= 0.6 is 0 Å². The molecule has 5 nitrogen and oxygen atoms in total. The van der Waals surface area contributed by atoms with Gasteiger partial charge in [-0.2, -0.15) is 0 Å². The fourth-order valence-corrected chi connectivity index (χ4v) is 3.34. The highest BCUT2D eigenvalue weighted by atomic mass is 16.5. The molecule has 5 heteroatoms. The first-order chi connectivity index (χ1) is 15.5. The second-order valence-electron chi connectivity index (χ2n) is 7.75. The van der Waals surface area contributed by atoms with Gasteiger partial charge >= 0.3 is 0 Å². The lowest BCUT2D eigenvalue weighted by atomic mass is 9.98. The van der Waals surface area contributed by atoms with E-state index in [0.29, 0.717) is 29.3 Å². The van der Waals surface area contributed by atoms with Crippen molar-refractivity contribution in [2.24, 2.45) is 0 Å². The van der Waals surface area contributed by atoms with Crippen molar-refractivity contribution in [3.63, 3.8) is 0 Å². The molecule has 0 spiro atoms. The Morgan fingerprint density at radius 1 is 0.781 bits per heavy atom. The van der Waals surface area contributed by atoms with Gasteiger partial charge in [0, 0.05) is 16.9 Å². The van der Waals surface area contributed by atoms with Gasteiger partial charge in [-0.25, -0.2) is 0 Å². The molecule has 0 aliphatic heterocycles. The number of carbonyl (C=O) groups excluding carboxylic acids is 2. The molecule has 0 saturated heterocycles. The Balaban J connectivity index is 1.63. The van der Waals surface area contributed by atoms with Crippen molar-refractivity contribution in [3.8, 4) is 5.75 Å². The molecule has 3 aromatic rings. The van der Waals surface area contributed by atoms with Gasteiger partial charge in [-0.15, -0.1) is 0 Å². The molecule has 166 valence electrons. The van der Waals surface area contributed by atoms with Gasteiger partial charge in [-0.3, -0.25) is 9.59 Å². The van der Waals surface area contributed by atoms with Crippen LogP contribution in [0.2, 0.25) is 0 Å². The van der Waals surface area contributed by atoms with E-state index in [2.05, 4.69) is 30.5 Å². The van der Waals surface area contributed by atoms with Gasteiger partial charge in [0.2, 0.25) is 0 Å². The van der Waals surface area contributed by atoms with E-state index >= 15 is 0 Å². The lowest BCUT2D eigenvalue weighted by molar-refractivity contribution is -0.122. The molecule has 0 bridgehead atoms. The van der Waals surface area contributed by atoms with E-state index in [1.807, 2.05) is 43.3 Å². The van der Waals surface area contributed by atoms with E-state index in [4.69, 9.17) is 4.74 Å². The molecule has 2 N–H and O–H groups in total. The van der Waals surface area contributed by atoms with Gasteiger partial charge < -0.3 is 15.4 Å². The maximum Gasteiger partial charge on any atom is 0.265 e. The smallest absolute Gasteiger partial charge is 0.265 e. The monoisotopic (exact) mass is 430 g/mol. The van der Waals surface area contributed by atoms with E-state index < -0.39 is 6.10 Å². The van der Waals surface area contributed by atoms with Crippen LogP contribution < -0.4 is 15.4 Å². The van der Waals surface area contributed by atoms with Crippen LogP contribution in [-0.4, -0.2) is 17.9 Å². The quantitative estimate of drug-likeness (QED) is 0.422. The number of carbonyl (C=O) groups is 2. The Labute approximate surface area is 189 Å². The number of ether oxygens (including phenoxy) is 1. The van der Waals surface area contributed by atoms with Crippen LogP contribution in [0.15, 0.2) is 78.9 Å². The summed E-state index contributed by atoms with van der Waals surface area (Å²) in [5.74, 6) is 0.725. The minimum absolute atomic E-state index is 0.179. The molecular formula is C27H30N2O3. The maximum absolute atomic E-state index is 12.8. The number of rotatable bonds is 9. The van der Waals surface area contributed by atoms with Crippen molar-refractivity contribution in [3.05, 3.63) is 90.0 Å². The summed E-state index contributed by atoms with van der Waals surface area (Å²) >= 11 is 0. The minimum atomic E-state index is -0.599. The van der Waals surface area contributed by atoms with Crippen molar-refractivity contribution in [1.29, 1.82) is 0 Å². The lowest BCUT2D eigenvalue weighted by Gasteiger charge is -2.21. The minimum Gasteiger partial charge on any atom is -0.480 e. The summed E-state index contributed by atoms with van der Waals surface area (Å²) < 4.78 is 6.11. The Morgan fingerprint density at radius 2 is 1.38 bits per heavy atom. The topological polar surface area (TPSA) is 67.4 Å². The predicted octanol–water partition coefficient (Wildman–Crippen LogP) is 6.25. The van der Waals surface area contributed by atoms with Crippen LogP contribution in [0.3, 0.4) is 0 Å². The molecule has 0 fully saturated rings. The van der Waals surface area contributed by atoms with Crippen molar-refractivity contribution >= 4 is 23.2 Å². The third-order valence-corrected chi connectivity index (χ3v) is 5.44. The van der Waals surface area contributed by atoms with Crippen LogP contribution in [0.25, 0.3) is 0 Å². The molecule has 32 heavy (non-hydrogen) atoms. The number of para-hydroxylation sites is 1. The normalized spacial score (nSPS) is 12.5. The first-order valence-electron chi connectivity index (χ1n) is 11.0. The number of benzene rings is 3. The zero-order valence-electron chi connectivity index (χ0n) is 18.8. The van der Waals surface area contributed by atoms with Crippen LogP contribution in [0.5, 0.6) is 5.75 Å². The fraction of sp³-hybridized carbons (Fsp3) is 0.259. The zero-order chi connectivity index (χ0) is 22.9. The van der Waals surface area contributed by atoms with E-state index in [-0.39, 0.29) is 11.8 Å². The van der Waals surface area contributed by atoms with Crippen LogP contribution in [0.4, 0.5) is 11.4 Å². The van der Waals surface area contributed by atoms with Crippen LogP contribution in [0, 0.1) is 0 Å².